The number of carbonyl (C=O) groups excluding carboxylic acids is 3. The number of phenols is 2. The third-order valence-corrected chi connectivity index (χ3v) is 7.51. The van der Waals surface area contributed by atoms with Crippen molar-refractivity contribution in [2.75, 3.05) is 13.7 Å². The number of rotatable bonds is 5. The van der Waals surface area contributed by atoms with E-state index in [1.54, 1.807) is 6.92 Å². The third-order valence-electron chi connectivity index (χ3n) is 7.51. The normalized spacial score (nSPS) is 28.3. The Morgan fingerprint density at radius 3 is 2.47 bits per heavy atom. The Morgan fingerprint density at radius 2 is 1.82 bits per heavy atom. The number of fused-ring (bicyclic) bond motifs is 3. The van der Waals surface area contributed by atoms with Crippen molar-refractivity contribution in [3.05, 3.63) is 51.6 Å². The number of benzene rings is 2. The first-order valence-corrected chi connectivity index (χ1v) is 12.2. The first kappa shape index (κ1) is 26.3. The Bertz CT molecular complexity index is 1340. The summed E-state index contributed by atoms with van der Waals surface area (Å²) < 4.78 is 17.0. The molecule has 0 bridgehead atoms. The number of aliphatic hydroxyl groups excluding tert-OH is 2. The zero-order chi connectivity index (χ0) is 27.5. The minimum absolute atomic E-state index is 0.0413. The fraction of sp³-hybridized carbons (Fsp3) is 0.444. The van der Waals surface area contributed by atoms with Gasteiger partial charge in [-0.05, 0) is 19.4 Å². The molecule has 0 spiro atoms. The number of hydrogen-bond donors (Lipinski definition) is 5. The lowest BCUT2D eigenvalue weighted by molar-refractivity contribution is -0.239. The van der Waals surface area contributed by atoms with Gasteiger partial charge in [0.2, 0.25) is 5.78 Å². The Balaban J connectivity index is 1.70. The van der Waals surface area contributed by atoms with Crippen LogP contribution in [0.15, 0.2) is 18.2 Å². The molecule has 5 rings (SSSR count). The largest absolute Gasteiger partial charge is 0.507 e. The summed E-state index contributed by atoms with van der Waals surface area (Å²) in [6.45, 7) is 0.727. The highest BCUT2D eigenvalue weighted by molar-refractivity contribution is 6.31. The molecule has 1 aliphatic heterocycles. The summed E-state index contributed by atoms with van der Waals surface area (Å²) in [7, 11) is 1.33. The number of ether oxygens (including phenoxy) is 3. The Kier molecular flexibility index (Phi) is 6.52. The van der Waals surface area contributed by atoms with Crippen molar-refractivity contribution in [2.45, 2.75) is 62.8 Å². The Morgan fingerprint density at radius 1 is 1.11 bits per heavy atom. The number of aliphatic hydroxyl groups is 3. The van der Waals surface area contributed by atoms with E-state index in [-0.39, 0.29) is 40.5 Å². The van der Waals surface area contributed by atoms with Crippen LogP contribution in [0.1, 0.15) is 75.3 Å². The molecule has 11 heteroatoms. The van der Waals surface area contributed by atoms with Crippen molar-refractivity contribution in [1.82, 2.24) is 0 Å². The first-order chi connectivity index (χ1) is 18.0. The lowest BCUT2D eigenvalue weighted by Gasteiger charge is -2.41. The molecule has 0 unspecified atom stereocenters. The van der Waals surface area contributed by atoms with E-state index in [2.05, 4.69) is 0 Å². The molecule has 5 atom stereocenters. The predicted molar refractivity (Wildman–Crippen MR) is 128 cm³/mol. The molecule has 202 valence electrons. The van der Waals surface area contributed by atoms with E-state index in [1.165, 1.54) is 25.3 Å². The fourth-order valence-electron chi connectivity index (χ4n) is 5.74. The first-order valence-electron chi connectivity index (χ1n) is 12.2. The summed E-state index contributed by atoms with van der Waals surface area (Å²) in [5.74, 6) is -3.68. The fourth-order valence-corrected chi connectivity index (χ4v) is 5.74. The molecule has 11 nitrogen and oxygen atoms in total. The van der Waals surface area contributed by atoms with Gasteiger partial charge in [-0.3, -0.25) is 14.4 Å². The number of phenolic OH excluding ortho intramolecular Hbond substituents is 2. The molecule has 5 N–H and O–H groups in total. The molecule has 0 amide bonds. The molecule has 0 radical (unpaired) electrons. The summed E-state index contributed by atoms with van der Waals surface area (Å²) in [5.41, 5.74) is -3.51. The summed E-state index contributed by atoms with van der Waals surface area (Å²) >= 11 is 0. The lowest BCUT2D eigenvalue weighted by atomic mass is 9.72. The molecule has 1 fully saturated rings. The van der Waals surface area contributed by atoms with Crippen LogP contribution in [0, 0.1) is 0 Å². The Hall–Kier alpha value is -3.35. The van der Waals surface area contributed by atoms with Crippen LogP contribution in [0.5, 0.6) is 17.2 Å². The molecular formula is C27H28O11. The van der Waals surface area contributed by atoms with Gasteiger partial charge >= 0.3 is 0 Å². The zero-order valence-corrected chi connectivity index (χ0v) is 20.8. The molecular weight excluding hydrogens is 500 g/mol. The molecule has 1 heterocycles. The maximum absolute atomic E-state index is 13.6. The smallest absolute Gasteiger partial charge is 0.202 e. The number of carbonyl (C=O) groups is 3. The van der Waals surface area contributed by atoms with Crippen molar-refractivity contribution in [3.63, 3.8) is 0 Å². The second-order valence-electron chi connectivity index (χ2n) is 10.0. The minimum Gasteiger partial charge on any atom is -0.507 e. The van der Waals surface area contributed by atoms with Gasteiger partial charge in [-0.25, -0.2) is 0 Å². The highest BCUT2D eigenvalue weighted by Gasteiger charge is 2.49. The second kappa shape index (κ2) is 9.44. The quantitative estimate of drug-likeness (QED) is 0.299. The summed E-state index contributed by atoms with van der Waals surface area (Å²) in [5, 5.41) is 53.7. The van der Waals surface area contributed by atoms with Crippen LogP contribution in [0.2, 0.25) is 0 Å². The van der Waals surface area contributed by atoms with Gasteiger partial charge < -0.3 is 39.7 Å². The van der Waals surface area contributed by atoms with E-state index in [0.717, 1.165) is 0 Å². The average Bonchev–Trinajstić information content (AvgIpc) is 2.87. The average molecular weight is 529 g/mol. The zero-order valence-electron chi connectivity index (χ0n) is 20.8. The third kappa shape index (κ3) is 3.98. The van der Waals surface area contributed by atoms with Crippen LogP contribution in [-0.2, 0) is 20.7 Å². The highest BCUT2D eigenvalue weighted by Crippen LogP contribution is 2.52. The standard InChI is InChI=1S/C27H28O11/c1-11-6-12(29)7-18(37-11)38-16-9-27(35,17(30)10-28)8-14-20(16)26(34)22-21(24(14)32)23(31)13-4-3-5-15(36-2)19(13)25(22)33/h3-5,11-12,16,18,28-29,32,34-35H,6-10H2,1-2H3/t11-,12+,16-,18-,27-/m0/s1. The van der Waals surface area contributed by atoms with E-state index in [9.17, 15) is 39.9 Å². The highest BCUT2D eigenvalue weighted by atomic mass is 16.7. The maximum Gasteiger partial charge on any atom is 0.202 e. The van der Waals surface area contributed by atoms with E-state index in [4.69, 9.17) is 14.2 Å². The molecule has 1 saturated heterocycles. The molecule has 2 aromatic carbocycles. The van der Waals surface area contributed by atoms with Crippen molar-refractivity contribution >= 4 is 17.3 Å². The molecule has 2 aromatic rings. The van der Waals surface area contributed by atoms with Crippen molar-refractivity contribution in [1.29, 1.82) is 0 Å². The van der Waals surface area contributed by atoms with E-state index >= 15 is 0 Å². The molecule has 0 aromatic heterocycles. The second-order valence-corrected chi connectivity index (χ2v) is 10.0. The topological polar surface area (TPSA) is 180 Å². The number of ketones is 3. The summed E-state index contributed by atoms with van der Waals surface area (Å²) in [6, 6.07) is 4.39. The van der Waals surface area contributed by atoms with Gasteiger partial charge in [-0.2, -0.15) is 0 Å². The number of Topliss-reactive ketones (excluding diaryl/α,β-unsaturated/α-hetero) is 1. The Labute approximate surface area is 217 Å². The minimum atomic E-state index is -2.22. The van der Waals surface area contributed by atoms with E-state index in [0.29, 0.717) is 6.42 Å². The van der Waals surface area contributed by atoms with Gasteiger partial charge in [0.05, 0.1) is 42.1 Å². The van der Waals surface area contributed by atoms with Crippen LogP contribution in [0.3, 0.4) is 0 Å². The van der Waals surface area contributed by atoms with Gasteiger partial charge in [-0.15, -0.1) is 0 Å². The van der Waals surface area contributed by atoms with E-state index < -0.39 is 83.5 Å². The van der Waals surface area contributed by atoms with E-state index in [1.807, 2.05) is 0 Å². The van der Waals surface area contributed by atoms with Crippen molar-refractivity contribution in [2.24, 2.45) is 0 Å². The van der Waals surface area contributed by atoms with Crippen LogP contribution in [-0.4, -0.2) is 80.7 Å². The maximum atomic E-state index is 13.6. The number of hydrogen-bond acceptors (Lipinski definition) is 11. The van der Waals surface area contributed by atoms with Crippen molar-refractivity contribution in [3.8, 4) is 17.2 Å². The molecule has 2 aliphatic carbocycles. The number of aromatic hydroxyl groups is 2. The van der Waals surface area contributed by atoms with Gasteiger partial charge in [0, 0.05) is 36.0 Å². The summed E-state index contributed by atoms with van der Waals surface area (Å²) in [6.07, 6.45) is -4.01. The molecule has 38 heavy (non-hydrogen) atoms. The summed E-state index contributed by atoms with van der Waals surface area (Å²) in [4.78, 5) is 39.7. The van der Waals surface area contributed by atoms with Crippen molar-refractivity contribution < 1.29 is 54.1 Å². The SMILES string of the molecule is COc1cccc2c1C(=O)c1c(O)c3c(c(O)c1C2=O)C[C@@](O)(C(=O)CO)C[C@@H]3O[C@H]1C[C@H](O)C[C@H](C)O1. The van der Waals surface area contributed by atoms with Gasteiger partial charge in [0.15, 0.2) is 17.9 Å². The monoisotopic (exact) mass is 528 g/mol. The lowest BCUT2D eigenvalue weighted by Crippen LogP contribution is -2.48. The van der Waals surface area contributed by atoms with Crippen LogP contribution in [0.4, 0.5) is 0 Å². The predicted octanol–water partition coefficient (Wildman–Crippen LogP) is 1.06. The van der Waals surface area contributed by atoms with Crippen LogP contribution >= 0.6 is 0 Å². The van der Waals surface area contributed by atoms with Gasteiger partial charge in [-0.1, -0.05) is 12.1 Å². The van der Waals surface area contributed by atoms with Gasteiger partial charge in [0.25, 0.3) is 0 Å². The van der Waals surface area contributed by atoms with Gasteiger partial charge in [0.1, 0.15) is 29.5 Å². The van der Waals surface area contributed by atoms with Crippen LogP contribution < -0.4 is 4.74 Å². The molecule has 0 saturated carbocycles. The van der Waals surface area contributed by atoms with Crippen LogP contribution in [0.25, 0.3) is 0 Å². The molecule has 3 aliphatic rings. The number of methoxy groups -OCH3 is 1.